The molecule has 1 N–H and O–H groups in total. The highest BCUT2D eigenvalue weighted by molar-refractivity contribution is 8.18. The Hall–Kier alpha value is -3.26. The lowest BCUT2D eigenvalue weighted by Gasteiger charge is -2.14. The molecule has 3 aromatic rings. The van der Waals surface area contributed by atoms with Crippen LogP contribution in [0.2, 0.25) is 0 Å². The van der Waals surface area contributed by atoms with Gasteiger partial charge < -0.3 is 14.1 Å². The summed E-state index contributed by atoms with van der Waals surface area (Å²) >= 11 is 0.909. The van der Waals surface area contributed by atoms with Crippen LogP contribution in [0.1, 0.15) is 18.4 Å². The number of oxazole rings is 1. The van der Waals surface area contributed by atoms with Crippen molar-refractivity contribution in [1.29, 1.82) is 0 Å². The largest absolute Gasteiger partial charge is 0.494 e. The zero-order valence-corrected chi connectivity index (χ0v) is 17.3. The third kappa shape index (κ3) is 4.83. The van der Waals surface area contributed by atoms with Gasteiger partial charge >= 0.3 is 0 Å². The van der Waals surface area contributed by atoms with Crippen molar-refractivity contribution in [1.82, 2.24) is 10.3 Å². The number of ether oxygens (including phenoxy) is 1. The molecule has 0 unspecified atom stereocenters. The minimum Gasteiger partial charge on any atom is -0.494 e. The van der Waals surface area contributed by atoms with E-state index < -0.39 is 0 Å². The van der Waals surface area contributed by atoms with E-state index in [0.29, 0.717) is 17.5 Å². The van der Waals surface area contributed by atoms with Crippen LogP contribution in [0.3, 0.4) is 0 Å². The number of nitrogens with zero attached hydrogens (tertiary/aromatic N) is 2. The minimum absolute atomic E-state index is 0.340. The number of benzene rings is 2. The number of fused-ring (bicyclic) bond motifs is 1. The van der Waals surface area contributed by atoms with Gasteiger partial charge in [-0.05, 0) is 60.5 Å². The van der Waals surface area contributed by atoms with Gasteiger partial charge in [-0.15, -0.1) is 0 Å². The minimum atomic E-state index is -0.354. The molecule has 7 nitrogen and oxygen atoms in total. The highest BCUT2D eigenvalue weighted by Gasteiger charge is 2.24. The molecular weight excluding hydrogens is 402 g/mol. The summed E-state index contributed by atoms with van der Waals surface area (Å²) in [4.78, 5) is 29.7. The number of rotatable bonds is 8. The fourth-order valence-electron chi connectivity index (χ4n) is 2.99. The van der Waals surface area contributed by atoms with Crippen LogP contribution < -0.4 is 15.0 Å². The Labute approximate surface area is 178 Å². The molecule has 2 amide bonds. The first-order valence-corrected chi connectivity index (χ1v) is 10.4. The number of hydrogen-bond donors (Lipinski definition) is 1. The molecule has 2 heterocycles. The van der Waals surface area contributed by atoms with Crippen LogP contribution in [0.25, 0.3) is 17.2 Å². The van der Waals surface area contributed by atoms with Gasteiger partial charge in [-0.1, -0.05) is 24.3 Å². The van der Waals surface area contributed by atoms with E-state index in [9.17, 15) is 9.59 Å². The Bertz CT molecular complexity index is 1060. The summed E-state index contributed by atoms with van der Waals surface area (Å²) in [7, 11) is 1.97. The predicted octanol–water partition coefficient (Wildman–Crippen LogP) is 4.45. The molecule has 1 aliphatic heterocycles. The van der Waals surface area contributed by atoms with Crippen molar-refractivity contribution in [2.45, 2.75) is 12.8 Å². The zero-order valence-electron chi connectivity index (χ0n) is 16.5. The van der Waals surface area contributed by atoms with Crippen LogP contribution in [0.5, 0.6) is 5.75 Å². The summed E-state index contributed by atoms with van der Waals surface area (Å²) < 4.78 is 11.5. The maximum Gasteiger partial charge on any atom is 0.298 e. The van der Waals surface area contributed by atoms with E-state index in [4.69, 9.17) is 9.15 Å². The summed E-state index contributed by atoms with van der Waals surface area (Å²) in [6.07, 6.45) is 3.53. The van der Waals surface area contributed by atoms with Gasteiger partial charge in [0.2, 0.25) is 0 Å². The van der Waals surface area contributed by atoms with E-state index in [1.165, 1.54) is 0 Å². The molecule has 154 valence electrons. The summed E-state index contributed by atoms with van der Waals surface area (Å²) in [5, 5.41) is 1.90. The van der Waals surface area contributed by atoms with E-state index in [1.54, 1.807) is 6.08 Å². The summed E-state index contributed by atoms with van der Waals surface area (Å²) in [6.45, 7) is 1.43. The number of amides is 2. The molecule has 1 saturated heterocycles. The van der Waals surface area contributed by atoms with Crippen molar-refractivity contribution in [3.63, 3.8) is 0 Å². The Kier molecular flexibility index (Phi) is 6.04. The predicted molar refractivity (Wildman–Crippen MR) is 118 cm³/mol. The van der Waals surface area contributed by atoms with Crippen LogP contribution in [0.4, 0.5) is 10.8 Å². The zero-order chi connectivity index (χ0) is 20.9. The van der Waals surface area contributed by atoms with Gasteiger partial charge in [-0.25, -0.2) is 0 Å². The number of thioether (sulfide) groups is 1. The van der Waals surface area contributed by atoms with Crippen molar-refractivity contribution in [3.05, 3.63) is 59.0 Å². The number of aromatic nitrogens is 1. The standard InChI is InChI=1S/C22H21N3O4S/c1-25(21-23-17-6-2-3-7-18(17)29-21)12-4-5-13-28-16-10-8-15(9-11-16)14-19-20(26)24-22(27)30-19/h2-3,6-11,14H,4-5,12-13H2,1H3,(H,24,26,27)/b19-14-. The van der Waals surface area contributed by atoms with Crippen molar-refractivity contribution < 1.29 is 18.7 Å². The van der Waals surface area contributed by atoms with Crippen LogP contribution in [-0.2, 0) is 4.79 Å². The fourth-order valence-corrected chi connectivity index (χ4v) is 3.67. The van der Waals surface area contributed by atoms with Gasteiger partial charge in [-0.3, -0.25) is 14.9 Å². The van der Waals surface area contributed by atoms with Crippen molar-refractivity contribution in [2.24, 2.45) is 0 Å². The van der Waals surface area contributed by atoms with Crippen LogP contribution in [0, 0.1) is 0 Å². The number of nitrogens with one attached hydrogen (secondary N) is 1. The number of anilines is 1. The van der Waals surface area contributed by atoms with Crippen molar-refractivity contribution >= 4 is 46.1 Å². The molecule has 8 heteroatoms. The van der Waals surface area contributed by atoms with E-state index in [0.717, 1.165) is 53.6 Å². The van der Waals surface area contributed by atoms with Crippen molar-refractivity contribution in [3.8, 4) is 5.75 Å². The van der Waals surface area contributed by atoms with Gasteiger partial charge in [0, 0.05) is 13.6 Å². The number of carbonyl (C=O) groups excluding carboxylic acids is 2. The summed E-state index contributed by atoms with van der Waals surface area (Å²) in [5.41, 5.74) is 2.50. The van der Waals surface area contributed by atoms with Crippen LogP contribution >= 0.6 is 11.8 Å². The van der Waals surface area contributed by atoms with Gasteiger partial charge in [0.15, 0.2) is 5.58 Å². The average molecular weight is 423 g/mol. The van der Waals surface area contributed by atoms with Crippen LogP contribution in [0.15, 0.2) is 57.9 Å². The summed E-state index contributed by atoms with van der Waals surface area (Å²) in [5.74, 6) is 0.414. The SMILES string of the molecule is CN(CCCCOc1ccc(/C=C2\SC(=O)NC2=O)cc1)c1nc2ccccc2o1. The fraction of sp³-hybridized carbons (Fsp3) is 0.227. The number of imide groups is 1. The Balaban J connectivity index is 1.20. The molecule has 0 atom stereocenters. The van der Waals surface area contributed by atoms with E-state index in [2.05, 4.69) is 10.3 Å². The molecule has 2 aromatic carbocycles. The molecular formula is C22H21N3O4S. The third-order valence-electron chi connectivity index (χ3n) is 4.59. The number of hydrogen-bond acceptors (Lipinski definition) is 7. The van der Waals surface area contributed by atoms with E-state index >= 15 is 0 Å². The Morgan fingerprint density at radius 3 is 2.67 bits per heavy atom. The first-order chi connectivity index (χ1) is 14.6. The molecule has 0 radical (unpaired) electrons. The molecule has 30 heavy (non-hydrogen) atoms. The first-order valence-electron chi connectivity index (χ1n) is 9.63. The highest BCUT2D eigenvalue weighted by Crippen LogP contribution is 2.26. The quantitative estimate of drug-likeness (QED) is 0.423. The van der Waals surface area contributed by atoms with Gasteiger partial charge in [0.25, 0.3) is 17.2 Å². The number of para-hydroxylation sites is 2. The maximum absolute atomic E-state index is 11.6. The molecule has 1 aliphatic rings. The second-order valence-corrected chi connectivity index (χ2v) is 7.88. The molecule has 1 aromatic heterocycles. The third-order valence-corrected chi connectivity index (χ3v) is 5.40. The molecule has 0 saturated carbocycles. The Morgan fingerprint density at radius 2 is 1.93 bits per heavy atom. The van der Waals surface area contributed by atoms with Crippen molar-refractivity contribution in [2.75, 3.05) is 25.1 Å². The van der Waals surface area contributed by atoms with E-state index in [-0.39, 0.29) is 11.1 Å². The van der Waals surface area contributed by atoms with Gasteiger partial charge in [-0.2, -0.15) is 4.98 Å². The first kappa shape index (κ1) is 20.0. The molecule has 0 bridgehead atoms. The highest BCUT2D eigenvalue weighted by atomic mass is 32.2. The van der Waals surface area contributed by atoms with E-state index in [1.807, 2.05) is 60.5 Å². The number of unbranched alkanes of at least 4 members (excludes halogenated alkanes) is 1. The molecule has 1 fully saturated rings. The lowest BCUT2D eigenvalue weighted by molar-refractivity contribution is -0.115. The maximum atomic E-state index is 11.6. The second-order valence-electron chi connectivity index (χ2n) is 6.86. The molecule has 0 aliphatic carbocycles. The average Bonchev–Trinajstić information content (AvgIpc) is 3.31. The lowest BCUT2D eigenvalue weighted by atomic mass is 10.2. The van der Waals surface area contributed by atoms with Gasteiger partial charge in [0.1, 0.15) is 11.3 Å². The number of carbonyl (C=O) groups is 2. The summed E-state index contributed by atoms with van der Waals surface area (Å²) in [6, 6.07) is 15.8. The lowest BCUT2D eigenvalue weighted by Crippen LogP contribution is -2.19. The molecule has 0 spiro atoms. The normalized spacial score (nSPS) is 15.0. The smallest absolute Gasteiger partial charge is 0.298 e. The topological polar surface area (TPSA) is 84.7 Å². The van der Waals surface area contributed by atoms with Gasteiger partial charge in [0.05, 0.1) is 11.5 Å². The second kappa shape index (κ2) is 9.04. The van der Waals surface area contributed by atoms with Crippen LogP contribution in [-0.4, -0.2) is 36.3 Å². The molecule has 4 rings (SSSR count). The monoisotopic (exact) mass is 423 g/mol. The Morgan fingerprint density at radius 1 is 1.13 bits per heavy atom.